The van der Waals surface area contributed by atoms with Crippen molar-refractivity contribution in [3.63, 3.8) is 0 Å². The molecule has 90 valence electrons. The van der Waals surface area contributed by atoms with Gasteiger partial charge in [-0.25, -0.2) is 8.42 Å². The lowest BCUT2D eigenvalue weighted by Crippen LogP contribution is -2.34. The molecule has 0 saturated heterocycles. The molecule has 1 heterocycles. The van der Waals surface area contributed by atoms with E-state index in [1.165, 1.54) is 16.6 Å². The minimum atomic E-state index is -3.54. The Bertz CT molecular complexity index is 439. The van der Waals surface area contributed by atoms with Gasteiger partial charge in [0, 0.05) is 19.5 Å². The zero-order chi connectivity index (χ0) is 12.2. The van der Waals surface area contributed by atoms with E-state index in [1.54, 1.807) is 6.92 Å². The van der Waals surface area contributed by atoms with Gasteiger partial charge in [-0.15, -0.1) is 0 Å². The van der Waals surface area contributed by atoms with E-state index in [9.17, 15) is 8.42 Å². The molecule has 8 heteroatoms. The first-order valence-electron chi connectivity index (χ1n) is 4.81. The van der Waals surface area contributed by atoms with E-state index in [0.717, 1.165) is 0 Å². The van der Waals surface area contributed by atoms with Crippen molar-refractivity contribution >= 4 is 15.9 Å². The summed E-state index contributed by atoms with van der Waals surface area (Å²) in [5, 5.41) is 13.1. The van der Waals surface area contributed by atoms with Crippen LogP contribution in [0, 0.1) is 5.41 Å². The van der Waals surface area contributed by atoms with Crippen LogP contribution >= 0.6 is 0 Å². The van der Waals surface area contributed by atoms with Gasteiger partial charge in [0.15, 0.2) is 5.03 Å². The zero-order valence-corrected chi connectivity index (χ0v) is 9.79. The van der Waals surface area contributed by atoms with E-state index < -0.39 is 10.0 Å². The van der Waals surface area contributed by atoms with Crippen LogP contribution in [0.15, 0.2) is 17.3 Å². The van der Waals surface area contributed by atoms with E-state index in [-0.39, 0.29) is 23.8 Å². The normalized spacial score (nSPS) is 11.9. The minimum absolute atomic E-state index is 0.0294. The van der Waals surface area contributed by atoms with Crippen LogP contribution in [0.4, 0.5) is 0 Å². The number of aromatic amines is 1. The van der Waals surface area contributed by atoms with Crippen molar-refractivity contribution in [1.29, 1.82) is 5.41 Å². The van der Waals surface area contributed by atoms with Crippen LogP contribution in [0.5, 0.6) is 0 Å². The highest BCUT2D eigenvalue weighted by molar-refractivity contribution is 7.89. The second-order valence-electron chi connectivity index (χ2n) is 3.19. The molecule has 0 bridgehead atoms. The van der Waals surface area contributed by atoms with Gasteiger partial charge >= 0.3 is 0 Å². The van der Waals surface area contributed by atoms with Crippen LogP contribution < -0.4 is 5.73 Å². The maximum absolute atomic E-state index is 12.0. The number of nitrogens with two attached hydrogens (primary N) is 1. The van der Waals surface area contributed by atoms with Crippen LogP contribution in [0.1, 0.15) is 13.3 Å². The smallest absolute Gasteiger partial charge is 0.259 e. The molecular formula is C8H15N5O2S. The maximum Gasteiger partial charge on any atom is 0.259 e. The first-order chi connectivity index (χ1) is 7.48. The SMILES string of the molecule is CCN(CCC(=N)N)S(=O)(=O)c1ccn[nH]1. The number of nitrogens with one attached hydrogen (secondary N) is 2. The van der Waals surface area contributed by atoms with Crippen molar-refractivity contribution in [2.24, 2.45) is 5.73 Å². The van der Waals surface area contributed by atoms with Crippen molar-refractivity contribution < 1.29 is 8.42 Å². The Balaban J connectivity index is 2.84. The lowest BCUT2D eigenvalue weighted by Gasteiger charge is -2.18. The molecule has 7 nitrogen and oxygen atoms in total. The van der Waals surface area contributed by atoms with Gasteiger partial charge in [0.25, 0.3) is 10.0 Å². The topological polar surface area (TPSA) is 116 Å². The van der Waals surface area contributed by atoms with Crippen molar-refractivity contribution in [3.05, 3.63) is 12.3 Å². The number of rotatable bonds is 6. The summed E-state index contributed by atoms with van der Waals surface area (Å²) in [7, 11) is -3.54. The molecule has 0 spiro atoms. The Morgan fingerprint density at radius 2 is 2.38 bits per heavy atom. The third kappa shape index (κ3) is 2.80. The van der Waals surface area contributed by atoms with Gasteiger partial charge in [0.05, 0.1) is 12.0 Å². The molecule has 1 aromatic rings. The second kappa shape index (κ2) is 5.08. The van der Waals surface area contributed by atoms with Gasteiger partial charge < -0.3 is 5.73 Å². The Morgan fingerprint density at radius 1 is 1.69 bits per heavy atom. The molecule has 0 unspecified atom stereocenters. The number of sulfonamides is 1. The van der Waals surface area contributed by atoms with Crippen molar-refractivity contribution in [1.82, 2.24) is 14.5 Å². The summed E-state index contributed by atoms with van der Waals surface area (Å²) in [5.41, 5.74) is 5.20. The molecule has 1 rings (SSSR count). The van der Waals surface area contributed by atoms with Crippen LogP contribution in [0.3, 0.4) is 0 Å². The van der Waals surface area contributed by atoms with Gasteiger partial charge in [-0.05, 0) is 6.07 Å². The molecule has 4 N–H and O–H groups in total. The monoisotopic (exact) mass is 245 g/mol. The molecule has 0 aromatic carbocycles. The molecule has 0 aliphatic heterocycles. The first kappa shape index (κ1) is 12.7. The Hall–Kier alpha value is -1.41. The van der Waals surface area contributed by atoms with Crippen LogP contribution in [-0.2, 0) is 10.0 Å². The quantitative estimate of drug-likeness (QED) is 0.473. The number of aromatic nitrogens is 2. The molecule has 0 saturated carbocycles. The fourth-order valence-electron chi connectivity index (χ4n) is 1.22. The Morgan fingerprint density at radius 3 is 2.81 bits per heavy atom. The summed E-state index contributed by atoms with van der Waals surface area (Å²) in [4.78, 5) is 0. The van der Waals surface area contributed by atoms with E-state index in [0.29, 0.717) is 6.54 Å². The number of amidine groups is 1. The van der Waals surface area contributed by atoms with Crippen molar-refractivity contribution in [2.75, 3.05) is 13.1 Å². The number of hydrogen-bond acceptors (Lipinski definition) is 4. The molecule has 0 aliphatic rings. The fraction of sp³-hybridized carbons (Fsp3) is 0.500. The first-order valence-corrected chi connectivity index (χ1v) is 6.25. The molecule has 0 atom stereocenters. The fourth-order valence-corrected chi connectivity index (χ4v) is 2.57. The summed E-state index contributed by atoms with van der Waals surface area (Å²) in [6.45, 7) is 2.26. The van der Waals surface area contributed by atoms with Gasteiger partial charge in [-0.2, -0.15) is 9.40 Å². The number of H-pyrrole nitrogens is 1. The predicted molar refractivity (Wildman–Crippen MR) is 59.6 cm³/mol. The van der Waals surface area contributed by atoms with Gasteiger partial charge in [-0.3, -0.25) is 10.5 Å². The lowest BCUT2D eigenvalue weighted by atomic mass is 10.4. The standard InChI is InChI=1S/C8H15N5O2S/c1-2-13(6-4-7(9)10)16(14,15)8-3-5-11-12-8/h3,5H,2,4,6H2,1H3,(H3,9,10)(H,11,12). The third-order valence-electron chi connectivity index (χ3n) is 2.08. The summed E-state index contributed by atoms with van der Waals surface area (Å²) < 4.78 is 25.2. The van der Waals surface area contributed by atoms with Gasteiger partial charge in [-0.1, -0.05) is 6.92 Å². The van der Waals surface area contributed by atoms with Gasteiger partial charge in [0.2, 0.25) is 0 Å². The van der Waals surface area contributed by atoms with E-state index in [4.69, 9.17) is 11.1 Å². The zero-order valence-electron chi connectivity index (χ0n) is 8.97. The number of nitrogens with zero attached hydrogens (tertiary/aromatic N) is 2. The van der Waals surface area contributed by atoms with Gasteiger partial charge in [0.1, 0.15) is 0 Å². The minimum Gasteiger partial charge on any atom is -0.388 e. The van der Waals surface area contributed by atoms with E-state index in [1.807, 2.05) is 0 Å². The summed E-state index contributed by atoms with van der Waals surface area (Å²) >= 11 is 0. The number of hydrogen-bond donors (Lipinski definition) is 3. The van der Waals surface area contributed by atoms with Crippen molar-refractivity contribution in [3.8, 4) is 0 Å². The second-order valence-corrected chi connectivity index (χ2v) is 5.10. The maximum atomic E-state index is 12.0. The molecule has 0 amide bonds. The van der Waals surface area contributed by atoms with Crippen LogP contribution in [-0.4, -0.2) is 41.8 Å². The van der Waals surface area contributed by atoms with E-state index in [2.05, 4.69) is 10.2 Å². The van der Waals surface area contributed by atoms with Crippen LogP contribution in [0.2, 0.25) is 0 Å². The van der Waals surface area contributed by atoms with E-state index >= 15 is 0 Å². The lowest BCUT2D eigenvalue weighted by molar-refractivity contribution is 0.434. The highest BCUT2D eigenvalue weighted by atomic mass is 32.2. The molecule has 0 aliphatic carbocycles. The highest BCUT2D eigenvalue weighted by Gasteiger charge is 2.23. The predicted octanol–water partition coefficient (Wildman–Crippen LogP) is -0.254. The summed E-state index contributed by atoms with van der Waals surface area (Å²) in [6.07, 6.45) is 1.60. The third-order valence-corrected chi connectivity index (χ3v) is 3.98. The summed E-state index contributed by atoms with van der Waals surface area (Å²) in [6, 6.07) is 1.39. The average molecular weight is 245 g/mol. The molecule has 0 radical (unpaired) electrons. The highest BCUT2D eigenvalue weighted by Crippen LogP contribution is 2.12. The van der Waals surface area contributed by atoms with Crippen LogP contribution in [0.25, 0.3) is 0 Å². The molecule has 16 heavy (non-hydrogen) atoms. The molecular weight excluding hydrogens is 230 g/mol. The molecule has 1 aromatic heterocycles. The Kier molecular flexibility index (Phi) is 4.02. The Labute approximate surface area is 94.2 Å². The molecule has 0 fully saturated rings. The van der Waals surface area contributed by atoms with Crippen molar-refractivity contribution in [2.45, 2.75) is 18.4 Å². The largest absolute Gasteiger partial charge is 0.388 e. The average Bonchev–Trinajstić information content (AvgIpc) is 2.70. The summed E-state index contributed by atoms with van der Waals surface area (Å²) in [5.74, 6) is -0.0294.